The standard InChI is InChI=1S/C19H21F6N3O5/c1-26-5-7-27(8-6-26)12-3-4-13(15(29)33-17(31)19(23,24)25)14(11-12)28(9-10-32-2)16(30)18(20,21)22/h3-4,11H,5-10H2,1-2H3. The molecule has 8 nitrogen and oxygen atoms in total. The first-order valence-electron chi connectivity index (χ1n) is 9.54. The number of anilines is 2. The fourth-order valence-corrected chi connectivity index (χ4v) is 3.04. The van der Waals surface area contributed by atoms with Crippen LogP contribution in [-0.2, 0) is 19.1 Å². The van der Waals surface area contributed by atoms with Crippen LogP contribution in [0.4, 0.5) is 37.7 Å². The zero-order chi connectivity index (χ0) is 25.0. The van der Waals surface area contributed by atoms with Crippen molar-refractivity contribution in [3.8, 4) is 0 Å². The summed E-state index contributed by atoms with van der Waals surface area (Å²) in [6.45, 7) is 1.13. The van der Waals surface area contributed by atoms with Crippen molar-refractivity contribution in [2.75, 3.05) is 63.3 Å². The van der Waals surface area contributed by atoms with Crippen molar-refractivity contribution >= 4 is 29.2 Å². The lowest BCUT2D eigenvalue weighted by atomic mass is 10.1. The number of nitrogens with zero attached hydrogens (tertiary/aromatic N) is 3. The maximum Gasteiger partial charge on any atom is 0.491 e. The van der Waals surface area contributed by atoms with E-state index in [2.05, 4.69) is 4.74 Å². The number of hydrogen-bond acceptors (Lipinski definition) is 7. The number of hydrogen-bond donors (Lipinski definition) is 0. The first kappa shape index (κ1) is 26.4. The summed E-state index contributed by atoms with van der Waals surface area (Å²) in [5.41, 5.74) is -1.15. The Morgan fingerprint density at radius 1 is 1.00 bits per heavy atom. The highest BCUT2D eigenvalue weighted by Gasteiger charge is 2.45. The monoisotopic (exact) mass is 485 g/mol. The number of amides is 1. The van der Waals surface area contributed by atoms with Gasteiger partial charge < -0.3 is 24.2 Å². The maximum atomic E-state index is 13.2. The van der Waals surface area contributed by atoms with Crippen LogP contribution in [0.5, 0.6) is 0 Å². The molecule has 184 valence electrons. The molecule has 2 rings (SSSR count). The van der Waals surface area contributed by atoms with Crippen molar-refractivity contribution in [3.63, 3.8) is 0 Å². The third kappa shape index (κ3) is 6.81. The molecule has 1 aliphatic rings. The fourth-order valence-electron chi connectivity index (χ4n) is 3.04. The van der Waals surface area contributed by atoms with Crippen LogP contribution in [0.25, 0.3) is 0 Å². The van der Waals surface area contributed by atoms with Gasteiger partial charge in [0, 0.05) is 45.5 Å². The number of likely N-dealkylation sites (N-methyl/N-ethyl adjacent to an activating group) is 1. The highest BCUT2D eigenvalue weighted by Crippen LogP contribution is 2.32. The molecule has 0 unspecified atom stereocenters. The van der Waals surface area contributed by atoms with Crippen LogP contribution in [0.2, 0.25) is 0 Å². The van der Waals surface area contributed by atoms with Gasteiger partial charge >= 0.3 is 30.2 Å². The van der Waals surface area contributed by atoms with Gasteiger partial charge in [0.1, 0.15) is 0 Å². The van der Waals surface area contributed by atoms with E-state index in [0.717, 1.165) is 19.2 Å². The highest BCUT2D eigenvalue weighted by atomic mass is 19.4. The van der Waals surface area contributed by atoms with Crippen LogP contribution in [-0.4, -0.2) is 88.6 Å². The Morgan fingerprint density at radius 2 is 1.61 bits per heavy atom. The van der Waals surface area contributed by atoms with Gasteiger partial charge in [0.25, 0.3) is 0 Å². The first-order chi connectivity index (χ1) is 15.3. The van der Waals surface area contributed by atoms with Crippen molar-refractivity contribution in [3.05, 3.63) is 23.8 Å². The maximum absolute atomic E-state index is 13.2. The molecule has 0 saturated carbocycles. The van der Waals surface area contributed by atoms with Crippen LogP contribution in [0, 0.1) is 0 Å². The number of esters is 2. The van der Waals surface area contributed by atoms with Crippen molar-refractivity contribution in [1.82, 2.24) is 4.90 Å². The summed E-state index contributed by atoms with van der Waals surface area (Å²) in [5, 5.41) is 0. The number of methoxy groups -OCH3 is 1. The Bertz CT molecular complexity index is 882. The Morgan fingerprint density at radius 3 is 2.12 bits per heavy atom. The van der Waals surface area contributed by atoms with E-state index in [1.54, 1.807) is 4.90 Å². The second kappa shape index (κ2) is 10.4. The Balaban J connectivity index is 2.54. The normalized spacial score (nSPS) is 15.3. The quantitative estimate of drug-likeness (QED) is 0.347. The number of alkyl halides is 6. The van der Waals surface area contributed by atoms with Gasteiger partial charge in [0.2, 0.25) is 0 Å². The molecule has 0 atom stereocenters. The average Bonchev–Trinajstić information content (AvgIpc) is 2.72. The van der Waals surface area contributed by atoms with Crippen LogP contribution >= 0.6 is 0 Å². The summed E-state index contributed by atoms with van der Waals surface area (Å²) < 4.78 is 85.8. The van der Waals surface area contributed by atoms with Gasteiger partial charge in [-0.05, 0) is 25.2 Å². The molecule has 0 bridgehead atoms. The molecule has 1 aromatic rings. The number of piperazine rings is 1. The Kier molecular flexibility index (Phi) is 8.30. The average molecular weight is 485 g/mol. The summed E-state index contributed by atoms with van der Waals surface area (Å²) in [5.74, 6) is -7.06. The molecule has 1 saturated heterocycles. The summed E-state index contributed by atoms with van der Waals surface area (Å²) in [7, 11) is 3.03. The summed E-state index contributed by atoms with van der Waals surface area (Å²) in [6, 6.07) is 3.27. The van der Waals surface area contributed by atoms with E-state index >= 15 is 0 Å². The first-order valence-corrected chi connectivity index (χ1v) is 9.54. The number of carbonyl (C=O) groups is 3. The van der Waals surface area contributed by atoms with E-state index in [9.17, 15) is 40.7 Å². The molecule has 0 aromatic heterocycles. The minimum absolute atomic E-state index is 0.164. The van der Waals surface area contributed by atoms with Gasteiger partial charge in [-0.2, -0.15) is 26.3 Å². The van der Waals surface area contributed by atoms with Crippen molar-refractivity contribution in [2.45, 2.75) is 12.4 Å². The predicted molar refractivity (Wildman–Crippen MR) is 103 cm³/mol. The van der Waals surface area contributed by atoms with Gasteiger partial charge in [0.15, 0.2) is 0 Å². The number of carbonyl (C=O) groups excluding carboxylic acids is 3. The summed E-state index contributed by atoms with van der Waals surface area (Å²) in [6.07, 6.45) is -10.9. The Hall–Kier alpha value is -2.87. The van der Waals surface area contributed by atoms with Gasteiger partial charge in [-0.25, -0.2) is 9.59 Å². The molecule has 1 fully saturated rings. The zero-order valence-corrected chi connectivity index (χ0v) is 17.6. The van der Waals surface area contributed by atoms with Gasteiger partial charge in [-0.3, -0.25) is 4.79 Å². The molecule has 1 amide bonds. The molecular weight excluding hydrogens is 464 g/mol. The molecule has 0 N–H and O–H groups in total. The molecular formula is C19H21F6N3O5. The van der Waals surface area contributed by atoms with Crippen molar-refractivity contribution < 1.29 is 50.2 Å². The highest BCUT2D eigenvalue weighted by molar-refractivity contribution is 6.07. The largest absolute Gasteiger partial charge is 0.491 e. The molecule has 0 radical (unpaired) electrons. The minimum atomic E-state index is -5.51. The molecule has 0 spiro atoms. The molecule has 0 aliphatic carbocycles. The summed E-state index contributed by atoms with van der Waals surface area (Å²) in [4.78, 5) is 39.4. The molecule has 33 heavy (non-hydrogen) atoms. The zero-order valence-electron chi connectivity index (χ0n) is 17.6. The second-order valence-corrected chi connectivity index (χ2v) is 7.11. The number of rotatable bonds is 6. The lowest BCUT2D eigenvalue weighted by molar-refractivity contribution is -0.193. The number of ether oxygens (including phenoxy) is 2. The van der Waals surface area contributed by atoms with Crippen LogP contribution in [0.1, 0.15) is 10.4 Å². The molecule has 1 aliphatic heterocycles. The minimum Gasteiger partial charge on any atom is -0.383 e. The summed E-state index contributed by atoms with van der Waals surface area (Å²) >= 11 is 0. The lowest BCUT2D eigenvalue weighted by Gasteiger charge is -2.35. The van der Waals surface area contributed by atoms with Gasteiger partial charge in [0.05, 0.1) is 17.9 Å². The van der Waals surface area contributed by atoms with Crippen molar-refractivity contribution in [1.29, 1.82) is 0 Å². The molecule has 14 heteroatoms. The number of benzene rings is 1. The topological polar surface area (TPSA) is 79.4 Å². The smallest absolute Gasteiger partial charge is 0.383 e. The van der Waals surface area contributed by atoms with Gasteiger partial charge in [-0.15, -0.1) is 0 Å². The van der Waals surface area contributed by atoms with Crippen LogP contribution in [0.15, 0.2) is 18.2 Å². The van der Waals surface area contributed by atoms with E-state index in [4.69, 9.17) is 4.74 Å². The van der Waals surface area contributed by atoms with Crippen molar-refractivity contribution in [2.24, 2.45) is 0 Å². The van der Waals surface area contributed by atoms with Gasteiger partial charge in [-0.1, -0.05) is 0 Å². The molecule has 1 heterocycles. The third-order valence-electron chi connectivity index (χ3n) is 4.78. The predicted octanol–water partition coefficient (Wildman–Crippen LogP) is 2.23. The van der Waals surface area contributed by atoms with E-state index in [1.165, 1.54) is 6.07 Å². The third-order valence-corrected chi connectivity index (χ3v) is 4.78. The van der Waals surface area contributed by atoms with Crippen LogP contribution in [0.3, 0.4) is 0 Å². The lowest BCUT2D eigenvalue weighted by Crippen LogP contribution is -2.45. The Labute approximate surface area is 184 Å². The SMILES string of the molecule is COCCN(C(=O)C(F)(F)F)c1cc(N2CCN(C)CC2)ccc1C(=O)OC(=O)C(F)(F)F. The van der Waals surface area contributed by atoms with E-state index < -0.39 is 48.0 Å². The van der Waals surface area contributed by atoms with Crippen LogP contribution < -0.4 is 9.80 Å². The molecule has 1 aromatic carbocycles. The number of halogens is 6. The second-order valence-electron chi connectivity index (χ2n) is 7.11. The fraction of sp³-hybridized carbons (Fsp3) is 0.526. The van der Waals surface area contributed by atoms with E-state index in [-0.39, 0.29) is 11.5 Å². The van der Waals surface area contributed by atoms with E-state index in [1.807, 2.05) is 11.9 Å². The van der Waals surface area contributed by atoms with E-state index in [0.29, 0.717) is 31.9 Å².